The fourth-order valence-corrected chi connectivity index (χ4v) is 3.84. The first kappa shape index (κ1) is 23.1. The standard InChI is InChI=1S/C28H38O/c1-4-5-6-7-8-9-10-11-13-16-25-19-20-26(24(3)23(25)2)21-22-28(29)27-17-14-12-15-18-27/h12,14-15,17-22H,4-11,13,16H2,1-3H3. The number of hydrogen-bond donors (Lipinski definition) is 0. The molecular weight excluding hydrogens is 352 g/mol. The number of unbranched alkanes of at least 4 members (excludes halogenated alkanes) is 8. The van der Waals surface area contributed by atoms with E-state index >= 15 is 0 Å². The van der Waals surface area contributed by atoms with Gasteiger partial charge in [0.2, 0.25) is 0 Å². The molecule has 0 heterocycles. The van der Waals surface area contributed by atoms with Crippen LogP contribution in [0.1, 0.15) is 97.3 Å². The Bertz CT molecular complexity index is 770. The lowest BCUT2D eigenvalue weighted by molar-refractivity contribution is 0.104. The van der Waals surface area contributed by atoms with E-state index in [4.69, 9.17) is 0 Å². The van der Waals surface area contributed by atoms with Crippen molar-refractivity contribution in [2.45, 2.75) is 85.0 Å². The molecule has 0 aliphatic rings. The molecule has 0 saturated heterocycles. The van der Waals surface area contributed by atoms with Gasteiger partial charge in [0.15, 0.2) is 5.78 Å². The highest BCUT2D eigenvalue weighted by atomic mass is 16.1. The highest BCUT2D eigenvalue weighted by Gasteiger charge is 2.06. The summed E-state index contributed by atoms with van der Waals surface area (Å²) in [6.45, 7) is 6.66. The fraction of sp³-hybridized carbons (Fsp3) is 0.464. The Morgan fingerprint density at radius 2 is 1.38 bits per heavy atom. The molecule has 2 aromatic rings. The molecule has 0 aliphatic carbocycles. The Morgan fingerprint density at radius 1 is 0.759 bits per heavy atom. The zero-order chi connectivity index (χ0) is 20.9. The van der Waals surface area contributed by atoms with Crippen molar-refractivity contribution in [2.75, 3.05) is 0 Å². The first-order valence-corrected chi connectivity index (χ1v) is 11.5. The number of rotatable bonds is 13. The third-order valence-corrected chi connectivity index (χ3v) is 5.96. The zero-order valence-electron chi connectivity index (χ0n) is 18.7. The minimum absolute atomic E-state index is 0.0569. The minimum Gasteiger partial charge on any atom is -0.289 e. The molecule has 1 heteroatoms. The summed E-state index contributed by atoms with van der Waals surface area (Å²) in [5, 5.41) is 0. The third kappa shape index (κ3) is 8.01. The van der Waals surface area contributed by atoms with Crippen molar-refractivity contribution in [3.8, 4) is 0 Å². The van der Waals surface area contributed by atoms with Crippen molar-refractivity contribution in [3.05, 3.63) is 76.4 Å². The summed E-state index contributed by atoms with van der Waals surface area (Å²) in [6, 6.07) is 13.9. The van der Waals surface area contributed by atoms with Crippen LogP contribution in [0.5, 0.6) is 0 Å². The predicted molar refractivity (Wildman–Crippen MR) is 127 cm³/mol. The molecule has 0 N–H and O–H groups in total. The Labute approximate surface area is 178 Å². The highest BCUT2D eigenvalue weighted by Crippen LogP contribution is 2.21. The summed E-state index contributed by atoms with van der Waals surface area (Å²) < 4.78 is 0. The molecule has 0 spiro atoms. The largest absolute Gasteiger partial charge is 0.289 e. The first-order valence-electron chi connectivity index (χ1n) is 11.5. The minimum atomic E-state index is 0.0569. The molecule has 29 heavy (non-hydrogen) atoms. The van der Waals surface area contributed by atoms with Gasteiger partial charge in [-0.3, -0.25) is 4.79 Å². The summed E-state index contributed by atoms with van der Waals surface area (Å²) in [7, 11) is 0. The van der Waals surface area contributed by atoms with E-state index in [1.54, 1.807) is 6.08 Å². The number of allylic oxidation sites excluding steroid dienone is 1. The second kappa shape index (κ2) is 13.1. The number of ketones is 1. The van der Waals surface area contributed by atoms with Gasteiger partial charge in [0.25, 0.3) is 0 Å². The highest BCUT2D eigenvalue weighted by molar-refractivity contribution is 6.06. The van der Waals surface area contributed by atoms with Crippen molar-refractivity contribution in [1.29, 1.82) is 0 Å². The van der Waals surface area contributed by atoms with E-state index in [1.165, 1.54) is 74.5 Å². The van der Waals surface area contributed by atoms with Gasteiger partial charge < -0.3 is 0 Å². The van der Waals surface area contributed by atoms with Crippen LogP contribution in [-0.4, -0.2) is 5.78 Å². The Hall–Kier alpha value is -2.15. The van der Waals surface area contributed by atoms with Crippen molar-refractivity contribution < 1.29 is 4.79 Å². The summed E-state index contributed by atoms with van der Waals surface area (Å²) in [5.41, 5.74) is 5.99. The molecule has 0 aliphatic heterocycles. The van der Waals surface area contributed by atoms with E-state index in [2.05, 4.69) is 32.9 Å². The molecule has 156 valence electrons. The van der Waals surface area contributed by atoms with E-state index in [-0.39, 0.29) is 5.78 Å². The zero-order valence-corrected chi connectivity index (χ0v) is 18.7. The van der Waals surface area contributed by atoms with Crippen LogP contribution in [0, 0.1) is 13.8 Å². The average Bonchev–Trinajstić information content (AvgIpc) is 2.75. The van der Waals surface area contributed by atoms with Crippen LogP contribution in [0.15, 0.2) is 48.5 Å². The molecule has 0 aromatic heterocycles. The van der Waals surface area contributed by atoms with E-state index < -0.39 is 0 Å². The first-order chi connectivity index (χ1) is 14.1. The molecule has 2 aromatic carbocycles. The monoisotopic (exact) mass is 390 g/mol. The second-order valence-corrected chi connectivity index (χ2v) is 8.21. The summed E-state index contributed by atoms with van der Waals surface area (Å²) in [6.07, 6.45) is 17.1. The number of carbonyl (C=O) groups excluding carboxylic acids is 1. The molecule has 0 atom stereocenters. The molecule has 0 radical (unpaired) electrons. The second-order valence-electron chi connectivity index (χ2n) is 8.21. The van der Waals surface area contributed by atoms with E-state index in [0.717, 1.165) is 17.5 Å². The van der Waals surface area contributed by atoms with Gasteiger partial charge in [-0.05, 0) is 55.0 Å². The SMILES string of the molecule is CCCCCCCCCCCc1ccc(C=CC(=O)c2ccccc2)c(C)c1C. The maximum Gasteiger partial charge on any atom is 0.185 e. The third-order valence-electron chi connectivity index (χ3n) is 5.96. The van der Waals surface area contributed by atoms with Crippen LogP contribution in [0.4, 0.5) is 0 Å². The molecule has 0 saturated carbocycles. The molecule has 0 unspecified atom stereocenters. The average molecular weight is 391 g/mol. The van der Waals surface area contributed by atoms with Gasteiger partial charge in [-0.15, -0.1) is 0 Å². The lowest BCUT2D eigenvalue weighted by Gasteiger charge is -2.12. The summed E-state index contributed by atoms with van der Waals surface area (Å²) in [4.78, 5) is 12.3. The van der Waals surface area contributed by atoms with Gasteiger partial charge >= 0.3 is 0 Å². The van der Waals surface area contributed by atoms with Gasteiger partial charge in [-0.1, -0.05) is 107 Å². The maximum atomic E-state index is 12.3. The van der Waals surface area contributed by atoms with Gasteiger partial charge in [0, 0.05) is 5.56 Å². The van der Waals surface area contributed by atoms with Gasteiger partial charge in [0.05, 0.1) is 0 Å². The smallest absolute Gasteiger partial charge is 0.185 e. The van der Waals surface area contributed by atoms with E-state index in [1.807, 2.05) is 36.4 Å². The van der Waals surface area contributed by atoms with Gasteiger partial charge in [0.1, 0.15) is 0 Å². The molecule has 0 bridgehead atoms. The van der Waals surface area contributed by atoms with Gasteiger partial charge in [-0.25, -0.2) is 0 Å². The lowest BCUT2D eigenvalue weighted by atomic mass is 9.94. The van der Waals surface area contributed by atoms with E-state index in [9.17, 15) is 4.79 Å². The lowest BCUT2D eigenvalue weighted by Crippen LogP contribution is -1.97. The van der Waals surface area contributed by atoms with Crippen molar-refractivity contribution >= 4 is 11.9 Å². The topological polar surface area (TPSA) is 17.1 Å². The molecule has 0 fully saturated rings. The van der Waals surface area contributed by atoms with E-state index in [0.29, 0.717) is 0 Å². The van der Waals surface area contributed by atoms with Crippen LogP contribution in [0.25, 0.3) is 6.08 Å². The van der Waals surface area contributed by atoms with Crippen LogP contribution in [0.2, 0.25) is 0 Å². The molecular formula is C28H38O. The quantitative estimate of drug-likeness (QED) is 0.191. The van der Waals surface area contributed by atoms with Gasteiger partial charge in [-0.2, -0.15) is 0 Å². The van der Waals surface area contributed by atoms with Crippen molar-refractivity contribution in [1.82, 2.24) is 0 Å². The van der Waals surface area contributed by atoms with Crippen LogP contribution >= 0.6 is 0 Å². The Morgan fingerprint density at radius 3 is 2.03 bits per heavy atom. The van der Waals surface area contributed by atoms with Crippen LogP contribution < -0.4 is 0 Å². The Kier molecular flexibility index (Phi) is 10.5. The number of hydrogen-bond acceptors (Lipinski definition) is 1. The maximum absolute atomic E-state index is 12.3. The number of carbonyl (C=O) groups is 1. The fourth-order valence-electron chi connectivity index (χ4n) is 3.84. The van der Waals surface area contributed by atoms with Crippen molar-refractivity contribution in [3.63, 3.8) is 0 Å². The molecule has 1 nitrogen and oxygen atoms in total. The number of aryl methyl sites for hydroxylation is 1. The predicted octanol–water partition coefficient (Wildman–Crippen LogP) is 8.27. The van der Waals surface area contributed by atoms with Crippen molar-refractivity contribution in [2.24, 2.45) is 0 Å². The normalized spacial score (nSPS) is 11.3. The Balaban J connectivity index is 1.80. The molecule has 0 amide bonds. The van der Waals surface area contributed by atoms with Crippen LogP contribution in [-0.2, 0) is 6.42 Å². The van der Waals surface area contributed by atoms with Crippen LogP contribution in [0.3, 0.4) is 0 Å². The summed E-state index contributed by atoms with van der Waals surface area (Å²) in [5.74, 6) is 0.0569. The summed E-state index contributed by atoms with van der Waals surface area (Å²) >= 11 is 0. The number of benzene rings is 2. The molecule has 2 rings (SSSR count).